The maximum absolute atomic E-state index is 11.9. The second-order valence-electron chi connectivity index (χ2n) is 4.42. The number of carbonyl (C=O) groups is 1. The van der Waals surface area contributed by atoms with Crippen molar-refractivity contribution in [3.63, 3.8) is 0 Å². The largest absolute Gasteiger partial charge is 0.493 e. The van der Waals surface area contributed by atoms with E-state index in [1.54, 1.807) is 26.0 Å². The van der Waals surface area contributed by atoms with Gasteiger partial charge in [0.1, 0.15) is 0 Å². The lowest BCUT2D eigenvalue weighted by Gasteiger charge is -2.14. The average Bonchev–Trinajstić information content (AvgIpc) is 2.49. The van der Waals surface area contributed by atoms with Gasteiger partial charge in [-0.05, 0) is 52.1 Å². The van der Waals surface area contributed by atoms with Crippen molar-refractivity contribution in [1.82, 2.24) is 5.32 Å². The first kappa shape index (κ1) is 21.4. The second kappa shape index (κ2) is 11.0. The van der Waals surface area contributed by atoms with E-state index in [4.69, 9.17) is 15.2 Å². The van der Waals surface area contributed by atoms with Gasteiger partial charge >= 0.3 is 0 Å². The topological polar surface area (TPSA) is 73.6 Å². The summed E-state index contributed by atoms with van der Waals surface area (Å²) < 4.78 is 11.3. The highest BCUT2D eigenvalue weighted by atomic mass is 79.9. The van der Waals surface area contributed by atoms with Gasteiger partial charge < -0.3 is 20.5 Å². The molecule has 0 saturated heterocycles. The minimum atomic E-state index is -0.471. The third-order valence-corrected chi connectivity index (χ3v) is 4.16. The molecule has 0 saturated carbocycles. The molecule has 126 valence electrons. The Labute approximate surface area is 150 Å². The molecule has 0 aliphatic carbocycles. The summed E-state index contributed by atoms with van der Waals surface area (Å²) in [7, 11) is 3.15. The fourth-order valence-corrected chi connectivity index (χ4v) is 2.91. The Balaban J connectivity index is 0.00000441. The molecule has 22 heavy (non-hydrogen) atoms. The van der Waals surface area contributed by atoms with Gasteiger partial charge in [-0.1, -0.05) is 0 Å². The summed E-state index contributed by atoms with van der Waals surface area (Å²) in [6.07, 6.45) is 2.66. The fraction of sp³-hybridized carbons (Fsp3) is 0.500. The molecule has 1 rings (SSSR count). The van der Waals surface area contributed by atoms with Gasteiger partial charge in [0.05, 0.1) is 24.7 Å². The summed E-state index contributed by atoms with van der Waals surface area (Å²) in [5.41, 5.74) is 6.73. The summed E-state index contributed by atoms with van der Waals surface area (Å²) >= 11 is 5.10. The smallest absolute Gasteiger partial charge is 0.237 e. The molecule has 0 aromatic heterocycles. The predicted molar refractivity (Wildman–Crippen MR) is 97.3 cm³/mol. The van der Waals surface area contributed by atoms with Gasteiger partial charge in [-0.25, -0.2) is 0 Å². The van der Waals surface area contributed by atoms with Crippen molar-refractivity contribution in [1.29, 1.82) is 0 Å². The van der Waals surface area contributed by atoms with Crippen LogP contribution in [0.1, 0.15) is 12.0 Å². The van der Waals surface area contributed by atoms with Gasteiger partial charge in [0.2, 0.25) is 5.91 Å². The Bertz CT molecular complexity index is 491. The van der Waals surface area contributed by atoms with Crippen LogP contribution in [0.4, 0.5) is 0 Å². The zero-order valence-corrected chi connectivity index (χ0v) is 16.1. The van der Waals surface area contributed by atoms with E-state index < -0.39 is 6.04 Å². The lowest BCUT2D eigenvalue weighted by molar-refractivity contribution is -0.122. The highest BCUT2D eigenvalue weighted by Gasteiger charge is 2.14. The zero-order valence-electron chi connectivity index (χ0n) is 12.8. The van der Waals surface area contributed by atoms with E-state index in [1.807, 2.05) is 18.4 Å². The number of nitrogens with two attached hydrogens (primary N) is 1. The van der Waals surface area contributed by atoms with Crippen LogP contribution in [0, 0.1) is 0 Å². The quantitative estimate of drug-likeness (QED) is 0.685. The first-order chi connectivity index (χ1) is 10.0. The van der Waals surface area contributed by atoms with E-state index in [2.05, 4.69) is 21.2 Å². The van der Waals surface area contributed by atoms with E-state index in [-0.39, 0.29) is 18.3 Å². The van der Waals surface area contributed by atoms with Crippen molar-refractivity contribution in [2.45, 2.75) is 19.0 Å². The molecule has 1 aromatic rings. The van der Waals surface area contributed by atoms with Crippen LogP contribution in [0.25, 0.3) is 0 Å². The number of carbonyl (C=O) groups excluding carboxylic acids is 1. The molecule has 0 unspecified atom stereocenters. The molecular weight excluding hydrogens is 392 g/mol. The summed E-state index contributed by atoms with van der Waals surface area (Å²) in [6, 6.07) is 3.24. The van der Waals surface area contributed by atoms with Crippen molar-refractivity contribution in [3.05, 3.63) is 22.2 Å². The number of hydrogen-bond donors (Lipinski definition) is 2. The number of ether oxygens (including phenoxy) is 2. The first-order valence-electron chi connectivity index (χ1n) is 6.46. The molecule has 1 atom stereocenters. The molecule has 0 heterocycles. The molecule has 0 fully saturated rings. The Morgan fingerprint density at radius 2 is 2.09 bits per heavy atom. The van der Waals surface area contributed by atoms with E-state index in [9.17, 15) is 4.79 Å². The predicted octanol–water partition coefficient (Wildman–Crippen LogP) is 2.58. The first-order valence-corrected chi connectivity index (χ1v) is 8.64. The van der Waals surface area contributed by atoms with Crippen molar-refractivity contribution >= 4 is 46.0 Å². The van der Waals surface area contributed by atoms with E-state index in [0.717, 1.165) is 15.8 Å². The maximum atomic E-state index is 11.9. The maximum Gasteiger partial charge on any atom is 0.237 e. The summed E-state index contributed by atoms with van der Waals surface area (Å²) in [5, 5.41) is 2.83. The van der Waals surface area contributed by atoms with Crippen molar-refractivity contribution in [2.75, 3.05) is 26.2 Å². The molecule has 0 aliphatic heterocycles. The zero-order chi connectivity index (χ0) is 15.8. The van der Waals surface area contributed by atoms with E-state index in [0.29, 0.717) is 24.5 Å². The molecule has 0 bridgehead atoms. The van der Waals surface area contributed by atoms with Crippen LogP contribution in [0.2, 0.25) is 0 Å². The minimum absolute atomic E-state index is 0. The lowest BCUT2D eigenvalue weighted by atomic mass is 10.2. The van der Waals surface area contributed by atoms with Crippen LogP contribution in [0.15, 0.2) is 16.6 Å². The molecule has 0 radical (unpaired) electrons. The molecule has 0 aliphatic rings. The molecule has 8 heteroatoms. The summed E-state index contributed by atoms with van der Waals surface area (Å²) in [6.45, 7) is 0.394. The van der Waals surface area contributed by atoms with Gasteiger partial charge in [0.25, 0.3) is 0 Å². The SMILES string of the molecule is COc1cc(CNC(=O)[C@@H](N)CCSC)cc(Br)c1OC.Cl. The van der Waals surface area contributed by atoms with Crippen molar-refractivity contribution in [3.8, 4) is 11.5 Å². The molecular formula is C14H22BrClN2O3S. The van der Waals surface area contributed by atoms with Crippen molar-refractivity contribution in [2.24, 2.45) is 5.73 Å². The van der Waals surface area contributed by atoms with Crippen LogP contribution in [-0.2, 0) is 11.3 Å². The van der Waals surface area contributed by atoms with Gasteiger partial charge in [-0.2, -0.15) is 11.8 Å². The third-order valence-electron chi connectivity index (χ3n) is 2.93. The number of rotatable bonds is 8. The highest BCUT2D eigenvalue weighted by molar-refractivity contribution is 9.10. The van der Waals surface area contributed by atoms with Crippen LogP contribution in [-0.4, -0.2) is 38.2 Å². The number of halogens is 2. The molecule has 1 aromatic carbocycles. The van der Waals surface area contributed by atoms with E-state index >= 15 is 0 Å². The van der Waals surface area contributed by atoms with Gasteiger partial charge in [0, 0.05) is 6.54 Å². The Morgan fingerprint density at radius 1 is 1.41 bits per heavy atom. The van der Waals surface area contributed by atoms with Gasteiger partial charge in [-0.15, -0.1) is 12.4 Å². The molecule has 0 spiro atoms. The molecule has 5 nitrogen and oxygen atoms in total. The normalized spacial score (nSPS) is 11.3. The Morgan fingerprint density at radius 3 is 2.64 bits per heavy atom. The van der Waals surface area contributed by atoms with Gasteiger partial charge in [-0.3, -0.25) is 4.79 Å². The Hall–Kier alpha value is -0.630. The summed E-state index contributed by atoms with van der Waals surface area (Å²) in [5.74, 6) is 1.97. The van der Waals surface area contributed by atoms with Crippen LogP contribution < -0.4 is 20.5 Å². The van der Waals surface area contributed by atoms with Gasteiger partial charge in [0.15, 0.2) is 11.5 Å². The highest BCUT2D eigenvalue weighted by Crippen LogP contribution is 2.36. The van der Waals surface area contributed by atoms with E-state index in [1.165, 1.54) is 0 Å². The standard InChI is InChI=1S/C14H21BrN2O3S.ClH/c1-19-12-7-9(6-10(15)13(12)20-2)8-17-14(18)11(16)4-5-21-3;/h6-7,11H,4-5,8,16H2,1-3H3,(H,17,18);1H/t11-;/m0./s1. The molecule has 1 amide bonds. The van der Waals surface area contributed by atoms with Crippen LogP contribution in [0.5, 0.6) is 11.5 Å². The number of methoxy groups -OCH3 is 2. The average molecular weight is 414 g/mol. The number of thioether (sulfide) groups is 1. The third kappa shape index (κ3) is 6.24. The van der Waals surface area contributed by atoms with Crippen molar-refractivity contribution < 1.29 is 14.3 Å². The molecule has 3 N–H and O–H groups in total. The number of amides is 1. The number of nitrogens with one attached hydrogen (secondary N) is 1. The Kier molecular flexibility index (Phi) is 10.7. The monoisotopic (exact) mass is 412 g/mol. The number of benzene rings is 1. The van der Waals surface area contributed by atoms with Crippen LogP contribution >= 0.6 is 40.1 Å². The van der Waals surface area contributed by atoms with Crippen LogP contribution in [0.3, 0.4) is 0 Å². The summed E-state index contributed by atoms with van der Waals surface area (Å²) in [4.78, 5) is 11.9. The minimum Gasteiger partial charge on any atom is -0.493 e. The second-order valence-corrected chi connectivity index (χ2v) is 6.26. The number of hydrogen-bond acceptors (Lipinski definition) is 5. The lowest BCUT2D eigenvalue weighted by Crippen LogP contribution is -2.40. The fourth-order valence-electron chi connectivity index (χ4n) is 1.77.